The number of ketones is 3. The summed E-state index contributed by atoms with van der Waals surface area (Å²) in [6.07, 6.45) is 3.22. The van der Waals surface area contributed by atoms with Crippen molar-refractivity contribution in [3.8, 4) is 0 Å². The molecule has 6 aromatic rings. The third-order valence-corrected chi connectivity index (χ3v) is 12.3. The van der Waals surface area contributed by atoms with Crippen molar-refractivity contribution in [3.63, 3.8) is 0 Å². The van der Waals surface area contributed by atoms with Crippen LogP contribution in [-0.2, 0) is 19.1 Å². The number of carbonyl (C=O) groups is 4. The molecule has 0 saturated carbocycles. The monoisotopic (exact) mass is 791 g/mol. The van der Waals surface area contributed by atoms with E-state index in [1.807, 2.05) is 92.9 Å². The van der Waals surface area contributed by atoms with Crippen molar-refractivity contribution in [2.75, 3.05) is 7.11 Å². The maximum absolute atomic E-state index is 13.5. The van der Waals surface area contributed by atoms with Crippen molar-refractivity contribution in [3.05, 3.63) is 176 Å². The van der Waals surface area contributed by atoms with Gasteiger partial charge in [-0.1, -0.05) is 66.7 Å². The first kappa shape index (κ1) is 39.0. The van der Waals surface area contributed by atoms with E-state index in [0.717, 1.165) is 54.0 Å². The molecule has 8 rings (SSSR count). The Labute approximate surface area is 339 Å². The van der Waals surface area contributed by atoms with Crippen LogP contribution < -0.4 is 10.6 Å². The predicted octanol–water partition coefficient (Wildman–Crippen LogP) is 10.0. The number of hydrogen-bond acceptors (Lipinski definition) is 10. The number of dihydropyridines is 2. The van der Waals surface area contributed by atoms with Crippen LogP contribution in [0, 0.1) is 0 Å². The lowest BCUT2D eigenvalue weighted by atomic mass is 9.76. The molecule has 2 aliphatic heterocycles. The molecule has 2 aliphatic rings. The highest BCUT2D eigenvalue weighted by Gasteiger charge is 2.39. The number of hydrogen-bond donors (Lipinski definition) is 2. The molecule has 0 amide bonds. The van der Waals surface area contributed by atoms with Gasteiger partial charge in [-0.25, -0.2) is 4.79 Å². The third-order valence-electron chi connectivity index (χ3n) is 10.4. The Morgan fingerprint density at radius 2 is 1.12 bits per heavy atom. The van der Waals surface area contributed by atoms with E-state index >= 15 is 0 Å². The van der Waals surface area contributed by atoms with Gasteiger partial charge in [-0.15, -0.1) is 22.7 Å². The van der Waals surface area contributed by atoms with E-state index in [1.54, 1.807) is 61.0 Å². The fraction of sp³-hybridized carbons (Fsp3) is 0.170. The predicted molar refractivity (Wildman–Crippen MR) is 229 cm³/mol. The molecule has 3 aromatic heterocycles. The maximum atomic E-state index is 13.5. The molecule has 2 unspecified atom stereocenters. The summed E-state index contributed by atoms with van der Waals surface area (Å²) in [4.78, 5) is 55.9. The second-order valence-corrected chi connectivity index (χ2v) is 15.8. The Hall–Kier alpha value is -6.23. The van der Waals surface area contributed by atoms with Crippen LogP contribution in [0.5, 0.6) is 0 Å². The molecule has 0 fully saturated rings. The van der Waals surface area contributed by atoms with E-state index in [2.05, 4.69) is 33.1 Å². The average Bonchev–Trinajstić information content (AvgIpc) is 3.85. The van der Waals surface area contributed by atoms with E-state index in [1.165, 1.54) is 7.11 Å². The van der Waals surface area contributed by atoms with E-state index < -0.39 is 17.8 Å². The van der Waals surface area contributed by atoms with Crippen LogP contribution in [0.3, 0.4) is 0 Å². The smallest absolute Gasteiger partial charge is 0.336 e. The molecule has 3 aromatic carbocycles. The molecule has 0 saturated heterocycles. The minimum absolute atomic E-state index is 0.0331. The maximum Gasteiger partial charge on any atom is 0.336 e. The highest BCUT2D eigenvalue weighted by molar-refractivity contribution is 7.17. The molecule has 0 bridgehead atoms. The van der Waals surface area contributed by atoms with Gasteiger partial charge in [0.25, 0.3) is 0 Å². The number of ether oxygens (including phenoxy) is 1. The molecule has 0 spiro atoms. The number of allylic oxidation sites excluding steroid dienone is 6. The summed E-state index contributed by atoms with van der Waals surface area (Å²) in [5, 5.41) is 12.8. The molecule has 5 heterocycles. The Balaban J connectivity index is 0.000000174. The fourth-order valence-corrected chi connectivity index (χ4v) is 9.91. The molecule has 0 radical (unpaired) electrons. The van der Waals surface area contributed by atoms with Crippen molar-refractivity contribution >= 4 is 71.9 Å². The van der Waals surface area contributed by atoms with Gasteiger partial charge in [0.05, 0.1) is 18.4 Å². The fourth-order valence-electron chi connectivity index (χ4n) is 7.94. The lowest BCUT2D eigenvalue weighted by Crippen LogP contribution is -2.31. The van der Waals surface area contributed by atoms with Gasteiger partial charge < -0.3 is 15.4 Å². The number of Topliss-reactive ketones (excluding diaryl/α,β-unsaturated/α-hetero) is 3. The molecular formula is C47H41N3O5S2. The van der Waals surface area contributed by atoms with Crippen molar-refractivity contribution in [1.29, 1.82) is 0 Å². The number of aromatic nitrogens is 1. The number of rotatable bonds is 8. The van der Waals surface area contributed by atoms with Crippen LogP contribution in [0.1, 0.15) is 73.5 Å². The molecule has 2 atom stereocenters. The van der Waals surface area contributed by atoms with Gasteiger partial charge in [-0.05, 0) is 97.1 Å². The standard InChI is InChI=1S/C24H21NO3S.C23H20N2O2S/c1-14-20(15(2)26)21(18-13-29-19-12-8-7-11-17(18)19)22(24(27)28-3)23(25-14)16-9-5-4-6-10-16;1-13-20(15(3)26)22(18-12-28-19-9-5-4-8-17(18)19)21(14(2)25-13)23(27)16-7-6-10-24-11-16/h4-13,21,25H,1-3H3;4-12,22,25H,1-3H3. The highest BCUT2D eigenvalue weighted by Crippen LogP contribution is 2.46. The Bertz CT molecular complexity index is 2700. The zero-order valence-electron chi connectivity index (χ0n) is 32.4. The van der Waals surface area contributed by atoms with E-state index in [-0.39, 0.29) is 17.3 Å². The van der Waals surface area contributed by atoms with Crippen LogP contribution in [0.2, 0.25) is 0 Å². The van der Waals surface area contributed by atoms with Crippen molar-refractivity contribution < 1.29 is 23.9 Å². The van der Waals surface area contributed by atoms with Crippen LogP contribution >= 0.6 is 22.7 Å². The zero-order valence-corrected chi connectivity index (χ0v) is 34.1. The molecule has 286 valence electrons. The summed E-state index contributed by atoms with van der Waals surface area (Å²) in [5.74, 6) is -1.54. The normalized spacial score (nSPS) is 16.9. The number of esters is 1. The first-order chi connectivity index (χ1) is 27.5. The number of pyridine rings is 1. The third kappa shape index (κ3) is 7.41. The number of thiophene rings is 2. The van der Waals surface area contributed by atoms with Crippen molar-refractivity contribution in [1.82, 2.24) is 15.6 Å². The molecule has 8 nitrogen and oxygen atoms in total. The molecule has 2 N–H and O–H groups in total. The number of methoxy groups -OCH3 is 1. The Kier molecular flexibility index (Phi) is 11.3. The summed E-state index contributed by atoms with van der Waals surface area (Å²) in [6, 6.07) is 29.3. The number of benzene rings is 3. The number of nitrogens with zero attached hydrogens (tertiary/aromatic N) is 1. The van der Waals surface area contributed by atoms with Crippen LogP contribution in [0.4, 0.5) is 0 Å². The minimum atomic E-state index is -0.493. The summed E-state index contributed by atoms with van der Waals surface area (Å²) < 4.78 is 7.44. The SMILES string of the molecule is CC(=O)C1=C(C)NC(C)=C(C(=O)c2cccnc2)C1c1csc2ccccc12.COC(=O)C1=C(c2ccccc2)NC(C)=C(C(C)=O)C1c1csc2ccccc12. The average molecular weight is 792 g/mol. The molecular weight excluding hydrogens is 751 g/mol. The van der Waals surface area contributed by atoms with Crippen LogP contribution in [0.25, 0.3) is 25.9 Å². The van der Waals surface area contributed by atoms with Gasteiger partial charge in [0.1, 0.15) is 0 Å². The van der Waals surface area contributed by atoms with Crippen molar-refractivity contribution in [2.45, 2.75) is 46.5 Å². The van der Waals surface area contributed by atoms with Crippen LogP contribution in [0.15, 0.2) is 154 Å². The summed E-state index contributed by atoms with van der Waals surface area (Å²) in [7, 11) is 1.37. The summed E-state index contributed by atoms with van der Waals surface area (Å²) in [5.41, 5.74) is 8.64. The zero-order chi connectivity index (χ0) is 40.4. The highest BCUT2D eigenvalue weighted by atomic mass is 32.1. The lowest BCUT2D eigenvalue weighted by Gasteiger charge is -2.31. The van der Waals surface area contributed by atoms with E-state index in [9.17, 15) is 19.2 Å². The van der Waals surface area contributed by atoms with Gasteiger partial charge in [0, 0.05) is 73.0 Å². The Morgan fingerprint density at radius 3 is 1.65 bits per heavy atom. The Morgan fingerprint density at radius 1 is 0.614 bits per heavy atom. The van der Waals surface area contributed by atoms with E-state index in [0.29, 0.717) is 33.6 Å². The van der Waals surface area contributed by atoms with Gasteiger partial charge >= 0.3 is 5.97 Å². The summed E-state index contributed by atoms with van der Waals surface area (Å²) >= 11 is 3.24. The summed E-state index contributed by atoms with van der Waals surface area (Å²) in [6.45, 7) is 8.79. The van der Waals surface area contributed by atoms with E-state index in [4.69, 9.17) is 4.74 Å². The molecule has 0 aliphatic carbocycles. The quantitative estimate of drug-likeness (QED) is 0.116. The number of nitrogens with one attached hydrogen (secondary N) is 2. The second kappa shape index (κ2) is 16.5. The first-order valence-electron chi connectivity index (χ1n) is 18.4. The topological polar surface area (TPSA) is 114 Å². The van der Waals surface area contributed by atoms with Crippen LogP contribution in [-0.4, -0.2) is 35.4 Å². The molecule has 57 heavy (non-hydrogen) atoms. The van der Waals surface area contributed by atoms with Gasteiger partial charge in [0.2, 0.25) is 0 Å². The minimum Gasteiger partial charge on any atom is -0.466 e. The number of carbonyl (C=O) groups excluding carboxylic acids is 4. The largest absolute Gasteiger partial charge is 0.466 e. The second-order valence-electron chi connectivity index (χ2n) is 13.9. The van der Waals surface area contributed by atoms with Gasteiger partial charge in [-0.2, -0.15) is 0 Å². The van der Waals surface area contributed by atoms with Crippen molar-refractivity contribution in [2.24, 2.45) is 0 Å². The number of fused-ring (bicyclic) bond motifs is 2. The van der Waals surface area contributed by atoms with Gasteiger partial charge in [-0.3, -0.25) is 19.4 Å². The van der Waals surface area contributed by atoms with Gasteiger partial charge in [0.15, 0.2) is 17.3 Å². The molecule has 10 heteroatoms. The lowest BCUT2D eigenvalue weighted by molar-refractivity contribution is -0.136. The first-order valence-corrected chi connectivity index (χ1v) is 20.2.